The zero-order valence-electron chi connectivity index (χ0n) is 18.1. The van der Waals surface area contributed by atoms with E-state index in [2.05, 4.69) is 20.1 Å². The molecule has 9 nitrogen and oxygen atoms in total. The molecule has 2 saturated heterocycles. The predicted octanol–water partition coefficient (Wildman–Crippen LogP) is -0.0853. The van der Waals surface area contributed by atoms with E-state index in [0.29, 0.717) is 19.7 Å². The van der Waals surface area contributed by atoms with Crippen LogP contribution in [0.4, 0.5) is 0 Å². The number of amides is 2. The van der Waals surface area contributed by atoms with Crippen LogP contribution in [0, 0.1) is 0 Å². The van der Waals surface area contributed by atoms with Crippen LogP contribution in [-0.2, 0) is 14.3 Å². The van der Waals surface area contributed by atoms with Gasteiger partial charge in [0.05, 0.1) is 13.2 Å². The number of likely N-dealkylation sites (tertiary alicyclic amines) is 1. The van der Waals surface area contributed by atoms with Gasteiger partial charge >= 0.3 is 0 Å². The second kappa shape index (κ2) is 14.0. The Bertz CT molecular complexity index is 532. The lowest BCUT2D eigenvalue weighted by molar-refractivity contribution is -0.133. The number of aliphatic imine (C=N–C) groups is 1. The molecule has 0 unspecified atom stereocenters. The molecule has 29 heavy (non-hydrogen) atoms. The van der Waals surface area contributed by atoms with Gasteiger partial charge in [-0.2, -0.15) is 0 Å². The van der Waals surface area contributed by atoms with Gasteiger partial charge in [-0.1, -0.05) is 0 Å². The van der Waals surface area contributed by atoms with E-state index in [4.69, 9.17) is 4.74 Å². The number of nitrogens with zero attached hydrogens (tertiary/aromatic N) is 5. The van der Waals surface area contributed by atoms with Gasteiger partial charge in [-0.3, -0.25) is 14.5 Å². The van der Waals surface area contributed by atoms with Crippen LogP contribution in [-0.4, -0.2) is 124 Å². The van der Waals surface area contributed by atoms with Gasteiger partial charge in [0.2, 0.25) is 11.8 Å². The molecule has 0 radical (unpaired) electrons. The molecule has 2 aliphatic heterocycles. The summed E-state index contributed by atoms with van der Waals surface area (Å²) in [5.41, 5.74) is 0. The molecule has 2 rings (SSSR count). The summed E-state index contributed by atoms with van der Waals surface area (Å²) in [7, 11) is 5.12. The number of guanidine groups is 1. The van der Waals surface area contributed by atoms with Crippen LogP contribution >= 0.6 is 24.0 Å². The number of halogens is 1. The summed E-state index contributed by atoms with van der Waals surface area (Å²) in [5.74, 6) is 0.947. The van der Waals surface area contributed by atoms with Crippen molar-refractivity contribution in [1.82, 2.24) is 24.9 Å². The third-order valence-corrected chi connectivity index (χ3v) is 5.19. The number of hydrogen-bond acceptors (Lipinski definition) is 5. The summed E-state index contributed by atoms with van der Waals surface area (Å²) in [5, 5.41) is 3.28. The van der Waals surface area contributed by atoms with Crippen LogP contribution in [0.15, 0.2) is 4.99 Å². The van der Waals surface area contributed by atoms with Gasteiger partial charge in [0.25, 0.3) is 0 Å². The number of rotatable bonds is 7. The summed E-state index contributed by atoms with van der Waals surface area (Å²) in [6.07, 6.45) is 3.48. The SMILES string of the molecule is COCCNC(=NCC(=O)N(C)C)N1CCN(CC(=O)N2CCCCC2)CC1.I. The zero-order valence-corrected chi connectivity index (χ0v) is 20.4. The average molecular weight is 524 g/mol. The van der Waals surface area contributed by atoms with Gasteiger partial charge in [-0.05, 0) is 19.3 Å². The van der Waals surface area contributed by atoms with Crippen LogP contribution in [0.1, 0.15) is 19.3 Å². The molecule has 0 bridgehead atoms. The highest BCUT2D eigenvalue weighted by Crippen LogP contribution is 2.10. The van der Waals surface area contributed by atoms with E-state index in [1.54, 1.807) is 26.1 Å². The van der Waals surface area contributed by atoms with Gasteiger partial charge in [0.1, 0.15) is 6.54 Å². The highest BCUT2D eigenvalue weighted by atomic mass is 127. The Balaban J connectivity index is 0.00000420. The topological polar surface area (TPSA) is 80.7 Å². The third kappa shape index (κ3) is 9.04. The van der Waals surface area contributed by atoms with E-state index in [0.717, 1.165) is 58.1 Å². The fraction of sp³-hybridized carbons (Fsp3) is 0.842. The van der Waals surface area contributed by atoms with Crippen molar-refractivity contribution in [2.75, 3.05) is 86.7 Å². The molecular weight excluding hydrogens is 487 g/mol. The molecule has 2 amide bonds. The molecule has 168 valence electrons. The minimum absolute atomic E-state index is 0. The first-order chi connectivity index (χ1) is 13.5. The highest BCUT2D eigenvalue weighted by Gasteiger charge is 2.24. The minimum atomic E-state index is -0.0307. The van der Waals surface area contributed by atoms with Crippen molar-refractivity contribution < 1.29 is 14.3 Å². The number of methoxy groups -OCH3 is 1. The molecule has 0 aromatic rings. The maximum absolute atomic E-state index is 12.5. The normalized spacial score (nSPS) is 18.2. The lowest BCUT2D eigenvalue weighted by Gasteiger charge is -2.37. The van der Waals surface area contributed by atoms with Gasteiger partial charge in [-0.15, -0.1) is 24.0 Å². The van der Waals surface area contributed by atoms with E-state index in [1.807, 2.05) is 4.90 Å². The molecule has 10 heteroatoms. The minimum Gasteiger partial charge on any atom is -0.383 e. The second-order valence-electron chi connectivity index (χ2n) is 7.55. The van der Waals surface area contributed by atoms with Crippen LogP contribution in [0.2, 0.25) is 0 Å². The summed E-state index contributed by atoms with van der Waals surface area (Å²) in [6, 6.07) is 0. The predicted molar refractivity (Wildman–Crippen MR) is 125 cm³/mol. The lowest BCUT2D eigenvalue weighted by Crippen LogP contribution is -2.55. The maximum atomic E-state index is 12.5. The number of piperazine rings is 1. The Kier molecular flexibility index (Phi) is 12.5. The first-order valence-corrected chi connectivity index (χ1v) is 10.2. The van der Waals surface area contributed by atoms with Crippen molar-refractivity contribution in [3.05, 3.63) is 0 Å². The summed E-state index contributed by atoms with van der Waals surface area (Å²) in [6.45, 7) is 6.82. The smallest absolute Gasteiger partial charge is 0.243 e. The van der Waals surface area contributed by atoms with Crippen LogP contribution in [0.3, 0.4) is 0 Å². The van der Waals surface area contributed by atoms with E-state index >= 15 is 0 Å². The Morgan fingerprint density at radius 2 is 1.66 bits per heavy atom. The molecule has 2 aliphatic rings. The number of hydrogen-bond donors (Lipinski definition) is 1. The largest absolute Gasteiger partial charge is 0.383 e. The van der Waals surface area contributed by atoms with E-state index in [1.165, 1.54) is 6.42 Å². The van der Waals surface area contributed by atoms with Crippen molar-refractivity contribution in [1.29, 1.82) is 0 Å². The molecule has 0 spiro atoms. The average Bonchev–Trinajstić information content (AvgIpc) is 2.71. The summed E-state index contributed by atoms with van der Waals surface area (Å²) < 4.78 is 5.10. The van der Waals surface area contributed by atoms with Crippen molar-refractivity contribution >= 4 is 41.8 Å². The van der Waals surface area contributed by atoms with Crippen molar-refractivity contribution in [3.63, 3.8) is 0 Å². The monoisotopic (exact) mass is 524 g/mol. The van der Waals surface area contributed by atoms with Gasteiger partial charge in [0.15, 0.2) is 5.96 Å². The highest BCUT2D eigenvalue weighted by molar-refractivity contribution is 14.0. The first-order valence-electron chi connectivity index (χ1n) is 10.2. The molecule has 0 aromatic carbocycles. The fourth-order valence-electron chi connectivity index (χ4n) is 3.37. The quantitative estimate of drug-likeness (QED) is 0.217. The zero-order chi connectivity index (χ0) is 20.4. The summed E-state index contributed by atoms with van der Waals surface area (Å²) >= 11 is 0. The van der Waals surface area contributed by atoms with Crippen LogP contribution < -0.4 is 5.32 Å². The van der Waals surface area contributed by atoms with Crippen molar-refractivity contribution in [2.24, 2.45) is 4.99 Å². The van der Waals surface area contributed by atoms with E-state index in [-0.39, 0.29) is 42.3 Å². The Hall–Kier alpha value is -1.14. The number of nitrogens with one attached hydrogen (secondary N) is 1. The van der Waals surface area contributed by atoms with Crippen molar-refractivity contribution in [2.45, 2.75) is 19.3 Å². The third-order valence-electron chi connectivity index (χ3n) is 5.19. The van der Waals surface area contributed by atoms with Crippen molar-refractivity contribution in [3.8, 4) is 0 Å². The maximum Gasteiger partial charge on any atom is 0.243 e. The Morgan fingerprint density at radius 1 is 1.00 bits per heavy atom. The van der Waals surface area contributed by atoms with Crippen LogP contribution in [0.25, 0.3) is 0 Å². The Labute approximate surface area is 191 Å². The number of piperidine rings is 1. The molecule has 0 aromatic heterocycles. The molecular formula is C19H37IN6O3. The lowest BCUT2D eigenvalue weighted by atomic mass is 10.1. The van der Waals surface area contributed by atoms with Gasteiger partial charge < -0.3 is 24.8 Å². The molecule has 0 saturated carbocycles. The number of carbonyl (C=O) groups is 2. The molecule has 2 fully saturated rings. The second-order valence-corrected chi connectivity index (χ2v) is 7.55. The van der Waals surface area contributed by atoms with E-state index in [9.17, 15) is 9.59 Å². The molecule has 1 N–H and O–H groups in total. The van der Waals surface area contributed by atoms with E-state index < -0.39 is 0 Å². The first kappa shape index (κ1) is 25.9. The molecule has 2 heterocycles. The number of likely N-dealkylation sites (N-methyl/N-ethyl adjacent to an activating group) is 1. The number of carbonyl (C=O) groups excluding carboxylic acids is 2. The van der Waals surface area contributed by atoms with Gasteiger partial charge in [-0.25, -0.2) is 4.99 Å². The Morgan fingerprint density at radius 3 is 2.24 bits per heavy atom. The fourth-order valence-corrected chi connectivity index (χ4v) is 3.37. The number of ether oxygens (including phenoxy) is 1. The van der Waals surface area contributed by atoms with Gasteiger partial charge in [0, 0.05) is 67.0 Å². The summed E-state index contributed by atoms with van der Waals surface area (Å²) in [4.78, 5) is 36.8. The molecule has 0 atom stereocenters. The standard InChI is InChI=1S/C19H36N6O3.HI/c1-22(2)17(26)15-21-19(20-7-14-28-3)25-12-10-23(11-13-25)16-18(27)24-8-5-4-6-9-24;/h4-16H2,1-3H3,(H,20,21);1H. The molecule has 0 aliphatic carbocycles. The van der Waals surface area contributed by atoms with Crippen LogP contribution in [0.5, 0.6) is 0 Å².